The van der Waals surface area contributed by atoms with Crippen molar-refractivity contribution in [2.75, 3.05) is 7.11 Å². The summed E-state index contributed by atoms with van der Waals surface area (Å²) < 4.78 is 11.7. The molecule has 0 N–H and O–H groups in total. The Kier molecular flexibility index (Phi) is 3.85. The van der Waals surface area contributed by atoms with Crippen LogP contribution in [-0.4, -0.2) is 22.1 Å². The van der Waals surface area contributed by atoms with Gasteiger partial charge < -0.3 is 0 Å². The average Bonchev–Trinajstić information content (AvgIpc) is 3.03. The Labute approximate surface area is 159 Å². The number of hydrogen-bond donors (Lipinski definition) is 0. The molecule has 25 heavy (non-hydrogen) atoms. The normalized spacial score (nSPS) is 36.6. The van der Waals surface area contributed by atoms with Crippen molar-refractivity contribution in [2.24, 2.45) is 16.7 Å². The Bertz CT molecular complexity index is 836. The van der Waals surface area contributed by atoms with E-state index in [1.807, 2.05) is 6.20 Å². The summed E-state index contributed by atoms with van der Waals surface area (Å²) in [5.41, 5.74) is 3.45. The molecular weight excluding hydrogens is 486 g/mol. The Hall–Kier alpha value is -1.28. The van der Waals surface area contributed by atoms with Crippen molar-refractivity contribution in [3.8, 4) is 0 Å². The zero-order valence-electron chi connectivity index (χ0n) is 15.1. The van der Waals surface area contributed by atoms with E-state index in [-0.39, 0.29) is 16.8 Å². The van der Waals surface area contributed by atoms with Crippen molar-refractivity contribution in [1.82, 2.24) is 5.16 Å². The van der Waals surface area contributed by atoms with E-state index < -0.39 is 0 Å². The van der Waals surface area contributed by atoms with Gasteiger partial charge >= 0.3 is 159 Å². The summed E-state index contributed by atoms with van der Waals surface area (Å²) in [5, 5.41) is 4.06. The third-order valence-corrected chi connectivity index (χ3v) is 7.90. The molecule has 1 aromatic rings. The number of allylic oxidation sites excluding steroid dienone is 3. The first-order chi connectivity index (χ1) is 11.8. The van der Waals surface area contributed by atoms with Gasteiger partial charge in [-0.1, -0.05) is 0 Å². The van der Waals surface area contributed by atoms with Gasteiger partial charge in [0.25, 0.3) is 0 Å². The second kappa shape index (κ2) is 5.61. The fraction of sp³-hybridized carbons (Fsp3) is 0.550. The fourth-order valence-electron chi connectivity index (χ4n) is 5.49. The number of aromatic nitrogens is 1. The van der Waals surface area contributed by atoms with Crippen LogP contribution in [0.5, 0.6) is 0 Å². The Morgan fingerprint density at radius 3 is 2.92 bits per heavy atom. The first kappa shape index (κ1) is 17.1. The molecule has 0 amide bonds. The van der Waals surface area contributed by atoms with Gasteiger partial charge in [0, 0.05) is 0 Å². The van der Waals surface area contributed by atoms with Crippen molar-refractivity contribution in [2.45, 2.75) is 46.0 Å². The van der Waals surface area contributed by atoms with Crippen molar-refractivity contribution in [1.29, 1.82) is 0 Å². The Morgan fingerprint density at radius 1 is 1.44 bits per heavy atom. The summed E-state index contributed by atoms with van der Waals surface area (Å²) >= 11 is 1.31. The van der Waals surface area contributed by atoms with Crippen molar-refractivity contribution >= 4 is 9.87 Å². The SMILES string of the molecule is COC(=O)C1=CC2(C)CCC3C(C)c4oncc4CC3(C)C2=C[C]1=[W]. The van der Waals surface area contributed by atoms with Gasteiger partial charge in [0.1, 0.15) is 0 Å². The van der Waals surface area contributed by atoms with Crippen LogP contribution in [0, 0.1) is 16.7 Å². The number of ether oxygens (including phenoxy) is 1. The van der Waals surface area contributed by atoms with E-state index >= 15 is 0 Å². The third kappa shape index (κ3) is 2.33. The van der Waals surface area contributed by atoms with Crippen molar-refractivity contribution < 1.29 is 33.4 Å². The molecule has 132 valence electrons. The molecular formula is C20H23NO3W. The monoisotopic (exact) mass is 509 g/mol. The molecule has 0 saturated heterocycles. The van der Waals surface area contributed by atoms with Crippen LogP contribution >= 0.6 is 0 Å². The van der Waals surface area contributed by atoms with Gasteiger partial charge in [0.2, 0.25) is 0 Å². The summed E-state index contributed by atoms with van der Waals surface area (Å²) in [6.07, 6.45) is 9.50. The summed E-state index contributed by atoms with van der Waals surface area (Å²) in [5.74, 6) is 1.77. The minimum absolute atomic E-state index is 0.0732. The molecule has 4 nitrogen and oxygen atoms in total. The average molecular weight is 509 g/mol. The van der Waals surface area contributed by atoms with Crippen LogP contribution in [-0.2, 0) is 35.3 Å². The zero-order chi connectivity index (χ0) is 18.0. The first-order valence-corrected chi connectivity index (χ1v) is 10.3. The van der Waals surface area contributed by atoms with Crippen LogP contribution in [0.3, 0.4) is 0 Å². The van der Waals surface area contributed by atoms with Gasteiger partial charge in [0.15, 0.2) is 0 Å². The molecule has 4 unspecified atom stereocenters. The number of esters is 1. The van der Waals surface area contributed by atoms with E-state index in [1.165, 1.54) is 37.6 Å². The molecule has 0 bridgehead atoms. The molecule has 3 aliphatic rings. The van der Waals surface area contributed by atoms with E-state index in [2.05, 4.69) is 38.1 Å². The van der Waals surface area contributed by atoms with Gasteiger partial charge in [0.05, 0.1) is 0 Å². The number of carbonyl (C=O) groups is 1. The van der Waals surface area contributed by atoms with E-state index in [4.69, 9.17) is 9.26 Å². The number of fused-ring (bicyclic) bond motifs is 4. The molecule has 5 heteroatoms. The molecule has 1 heterocycles. The number of hydrogen-bond acceptors (Lipinski definition) is 4. The summed E-state index contributed by atoms with van der Waals surface area (Å²) in [6, 6.07) is 0. The quantitative estimate of drug-likeness (QED) is 0.544. The van der Waals surface area contributed by atoms with E-state index in [1.54, 1.807) is 0 Å². The van der Waals surface area contributed by atoms with Crippen LogP contribution in [0.15, 0.2) is 34.0 Å². The minimum atomic E-state index is -0.216. The van der Waals surface area contributed by atoms with E-state index in [0.717, 1.165) is 34.5 Å². The predicted molar refractivity (Wildman–Crippen MR) is 90.7 cm³/mol. The summed E-state index contributed by atoms with van der Waals surface area (Å²) in [7, 11) is 1.46. The van der Waals surface area contributed by atoms with Gasteiger partial charge in [-0.3, -0.25) is 0 Å². The first-order valence-electron chi connectivity index (χ1n) is 8.82. The van der Waals surface area contributed by atoms with Crippen molar-refractivity contribution in [3.05, 3.63) is 40.8 Å². The number of carbonyl (C=O) groups excluding carboxylic acids is 1. The molecule has 1 fully saturated rings. The number of methoxy groups -OCH3 is 1. The van der Waals surface area contributed by atoms with Crippen LogP contribution < -0.4 is 0 Å². The van der Waals surface area contributed by atoms with Crippen LogP contribution in [0.25, 0.3) is 0 Å². The summed E-state index contributed by atoms with van der Waals surface area (Å²) in [6.45, 7) is 6.95. The second-order valence-electron chi connectivity index (χ2n) is 8.13. The van der Waals surface area contributed by atoms with Gasteiger partial charge in [-0.05, 0) is 0 Å². The van der Waals surface area contributed by atoms with E-state index in [9.17, 15) is 4.79 Å². The molecule has 4 atom stereocenters. The molecule has 0 aromatic carbocycles. The molecule has 3 aliphatic carbocycles. The van der Waals surface area contributed by atoms with Gasteiger partial charge in [-0.15, -0.1) is 0 Å². The fourth-order valence-corrected chi connectivity index (χ4v) is 6.43. The maximum atomic E-state index is 12.2. The Balaban J connectivity index is 1.82. The van der Waals surface area contributed by atoms with Crippen LogP contribution in [0.4, 0.5) is 0 Å². The van der Waals surface area contributed by atoms with Crippen LogP contribution in [0.1, 0.15) is 50.9 Å². The number of nitrogens with zero attached hydrogens (tertiary/aromatic N) is 1. The molecule has 0 aliphatic heterocycles. The van der Waals surface area contributed by atoms with Gasteiger partial charge in [-0.2, -0.15) is 0 Å². The van der Waals surface area contributed by atoms with Crippen molar-refractivity contribution in [3.63, 3.8) is 0 Å². The predicted octanol–water partition coefficient (Wildman–Crippen LogP) is 3.52. The summed E-state index contributed by atoms with van der Waals surface area (Å²) in [4.78, 5) is 12.2. The standard InChI is InChI=1S/C20H23NO3.W/c1-12-15-7-8-19(2)9-13(18(22)23-4)5-6-16(19)20(15,3)10-14-11-21-24-17(12)14;/h6,9,11-12,15H,7-8,10H2,1-4H3;. The zero-order valence-corrected chi connectivity index (χ0v) is 18.0. The number of rotatable bonds is 1. The topological polar surface area (TPSA) is 52.3 Å². The van der Waals surface area contributed by atoms with Gasteiger partial charge in [-0.25, -0.2) is 0 Å². The maximum absolute atomic E-state index is 12.2. The molecule has 0 radical (unpaired) electrons. The Morgan fingerprint density at radius 2 is 2.20 bits per heavy atom. The second-order valence-corrected chi connectivity index (χ2v) is 9.71. The molecule has 1 aromatic heterocycles. The van der Waals surface area contributed by atoms with E-state index in [0.29, 0.717) is 11.8 Å². The molecule has 1 saturated carbocycles. The third-order valence-electron chi connectivity index (χ3n) is 6.68. The van der Waals surface area contributed by atoms with Crippen LogP contribution in [0.2, 0.25) is 0 Å². The molecule has 4 rings (SSSR count). The molecule has 0 spiro atoms.